The van der Waals surface area contributed by atoms with E-state index in [0.717, 1.165) is 10.6 Å². The van der Waals surface area contributed by atoms with Crippen LogP contribution in [0.5, 0.6) is 0 Å². The molecule has 2 aromatic heterocycles. The largest absolute Gasteiger partial charge is 0.387 e. The zero-order chi connectivity index (χ0) is 9.10. The Bertz CT molecular complexity index is 344. The summed E-state index contributed by atoms with van der Waals surface area (Å²) in [7, 11) is 0. The van der Waals surface area contributed by atoms with Crippen molar-refractivity contribution in [2.75, 3.05) is 0 Å². The first-order chi connectivity index (χ1) is 6.36. The van der Waals surface area contributed by atoms with Gasteiger partial charge in [-0.1, -0.05) is 10.6 Å². The Morgan fingerprint density at radius 1 is 1.54 bits per heavy atom. The second-order valence-corrected chi connectivity index (χ2v) is 4.22. The Labute approximate surface area is 83.8 Å². The van der Waals surface area contributed by atoms with Crippen molar-refractivity contribution in [1.29, 1.82) is 0 Å². The van der Waals surface area contributed by atoms with E-state index in [-0.39, 0.29) is 0 Å². The lowest BCUT2D eigenvalue weighted by Gasteiger charge is -2.04. The van der Waals surface area contributed by atoms with Crippen LogP contribution in [0.15, 0.2) is 22.9 Å². The fourth-order valence-corrected chi connectivity index (χ4v) is 2.23. The molecule has 1 N–H and O–H groups in total. The van der Waals surface area contributed by atoms with E-state index in [4.69, 9.17) is 0 Å². The van der Waals surface area contributed by atoms with Crippen LogP contribution in [0.4, 0.5) is 0 Å². The van der Waals surface area contributed by atoms with E-state index in [0.29, 0.717) is 6.42 Å². The van der Waals surface area contributed by atoms with E-state index >= 15 is 0 Å². The number of thiophene rings is 1. The molecular weight excluding hydrogens is 204 g/mol. The van der Waals surface area contributed by atoms with Crippen molar-refractivity contribution >= 4 is 22.9 Å². The predicted molar refractivity (Wildman–Crippen MR) is 52.9 cm³/mol. The van der Waals surface area contributed by atoms with Crippen molar-refractivity contribution in [2.24, 2.45) is 0 Å². The molecule has 13 heavy (non-hydrogen) atoms. The van der Waals surface area contributed by atoms with Crippen LogP contribution < -0.4 is 0 Å². The summed E-state index contributed by atoms with van der Waals surface area (Å²) >= 11 is 2.87. The molecule has 3 nitrogen and oxygen atoms in total. The van der Waals surface area contributed by atoms with Gasteiger partial charge in [0.2, 0.25) is 0 Å². The van der Waals surface area contributed by atoms with E-state index in [1.54, 1.807) is 11.3 Å². The highest BCUT2D eigenvalue weighted by Crippen LogP contribution is 2.21. The Hall–Kier alpha value is -0.780. The minimum Gasteiger partial charge on any atom is -0.387 e. The molecule has 0 fully saturated rings. The Morgan fingerprint density at radius 2 is 2.46 bits per heavy atom. The first-order valence-electron chi connectivity index (χ1n) is 3.83. The third-order valence-corrected chi connectivity index (χ3v) is 3.21. The summed E-state index contributed by atoms with van der Waals surface area (Å²) in [6.07, 6.45) is 0.112. The fraction of sp³-hybridized carbons (Fsp3) is 0.250. The molecule has 2 rings (SSSR count). The van der Waals surface area contributed by atoms with E-state index < -0.39 is 6.10 Å². The van der Waals surface area contributed by atoms with Crippen molar-refractivity contribution in [1.82, 2.24) is 9.59 Å². The molecule has 0 saturated heterocycles. The van der Waals surface area contributed by atoms with Gasteiger partial charge in [0.05, 0.1) is 11.8 Å². The molecule has 0 aliphatic rings. The average Bonchev–Trinajstić information content (AvgIpc) is 2.74. The fourth-order valence-electron chi connectivity index (χ4n) is 1.05. The monoisotopic (exact) mass is 212 g/mol. The van der Waals surface area contributed by atoms with Crippen LogP contribution in [0.2, 0.25) is 0 Å². The van der Waals surface area contributed by atoms with E-state index in [1.165, 1.54) is 11.5 Å². The Balaban J connectivity index is 2.04. The molecule has 2 aromatic rings. The van der Waals surface area contributed by atoms with Crippen LogP contribution in [0.3, 0.4) is 0 Å². The second kappa shape index (κ2) is 3.95. The molecule has 0 aromatic carbocycles. The molecule has 0 aliphatic heterocycles. The van der Waals surface area contributed by atoms with Gasteiger partial charge in [-0.05, 0) is 23.0 Å². The standard InChI is InChI=1S/C8H8N2OS2/c11-7(8-2-1-3-12-8)4-6-5-13-10-9-6/h1-3,5,7,11H,4H2. The van der Waals surface area contributed by atoms with Gasteiger partial charge in [0.25, 0.3) is 0 Å². The van der Waals surface area contributed by atoms with Crippen LogP contribution >= 0.6 is 22.9 Å². The molecule has 0 bridgehead atoms. The third-order valence-electron chi connectivity index (χ3n) is 1.68. The molecule has 2 heterocycles. The van der Waals surface area contributed by atoms with Gasteiger partial charge < -0.3 is 5.11 Å². The van der Waals surface area contributed by atoms with E-state index in [9.17, 15) is 5.11 Å². The van der Waals surface area contributed by atoms with Gasteiger partial charge in [-0.15, -0.1) is 16.4 Å². The molecule has 0 aliphatic carbocycles. The van der Waals surface area contributed by atoms with Gasteiger partial charge in [0.15, 0.2) is 0 Å². The Morgan fingerprint density at radius 3 is 3.08 bits per heavy atom. The summed E-state index contributed by atoms with van der Waals surface area (Å²) in [6.45, 7) is 0. The number of aliphatic hydroxyl groups is 1. The molecule has 0 radical (unpaired) electrons. The summed E-state index contributed by atoms with van der Waals surface area (Å²) in [4.78, 5) is 0.980. The van der Waals surface area contributed by atoms with Crippen molar-refractivity contribution in [3.05, 3.63) is 33.5 Å². The van der Waals surface area contributed by atoms with Crippen molar-refractivity contribution in [3.8, 4) is 0 Å². The van der Waals surface area contributed by atoms with Gasteiger partial charge in [-0.3, -0.25) is 0 Å². The van der Waals surface area contributed by atoms with Gasteiger partial charge in [0, 0.05) is 16.7 Å². The van der Waals surface area contributed by atoms with Crippen LogP contribution in [-0.2, 0) is 6.42 Å². The van der Waals surface area contributed by atoms with Gasteiger partial charge in [-0.2, -0.15) is 0 Å². The molecule has 5 heteroatoms. The van der Waals surface area contributed by atoms with E-state index in [2.05, 4.69) is 9.59 Å². The molecular formula is C8H8N2OS2. The molecule has 1 unspecified atom stereocenters. The summed E-state index contributed by atoms with van der Waals surface area (Å²) in [6, 6.07) is 3.86. The third kappa shape index (κ3) is 2.12. The maximum absolute atomic E-state index is 9.73. The average molecular weight is 212 g/mol. The number of rotatable bonds is 3. The van der Waals surface area contributed by atoms with E-state index in [1.807, 2.05) is 22.9 Å². The highest BCUT2D eigenvalue weighted by molar-refractivity contribution is 7.10. The van der Waals surface area contributed by atoms with Crippen LogP contribution in [0.25, 0.3) is 0 Å². The molecule has 0 spiro atoms. The first-order valence-corrected chi connectivity index (χ1v) is 5.55. The lowest BCUT2D eigenvalue weighted by Crippen LogP contribution is -1.99. The quantitative estimate of drug-likeness (QED) is 0.845. The zero-order valence-electron chi connectivity index (χ0n) is 6.75. The van der Waals surface area contributed by atoms with Gasteiger partial charge >= 0.3 is 0 Å². The number of aliphatic hydroxyl groups excluding tert-OH is 1. The maximum Gasteiger partial charge on any atom is 0.0938 e. The topological polar surface area (TPSA) is 46.0 Å². The lowest BCUT2D eigenvalue weighted by atomic mass is 10.2. The predicted octanol–water partition coefficient (Wildman–Crippen LogP) is 1.88. The first kappa shape index (κ1) is 8.80. The SMILES string of the molecule is OC(Cc1csnn1)c1cccs1. The molecule has 0 amide bonds. The summed E-state index contributed by atoms with van der Waals surface area (Å²) in [5.74, 6) is 0. The van der Waals surface area contributed by atoms with Crippen molar-refractivity contribution in [2.45, 2.75) is 12.5 Å². The number of hydrogen-bond donors (Lipinski definition) is 1. The number of nitrogens with zero attached hydrogens (tertiary/aromatic N) is 2. The summed E-state index contributed by atoms with van der Waals surface area (Å²) < 4.78 is 3.74. The van der Waals surface area contributed by atoms with Gasteiger partial charge in [0.1, 0.15) is 0 Å². The highest BCUT2D eigenvalue weighted by atomic mass is 32.1. The van der Waals surface area contributed by atoms with Crippen LogP contribution in [-0.4, -0.2) is 14.7 Å². The van der Waals surface area contributed by atoms with Crippen LogP contribution in [0.1, 0.15) is 16.7 Å². The summed E-state index contributed by atoms with van der Waals surface area (Å²) in [5.41, 5.74) is 0.853. The smallest absolute Gasteiger partial charge is 0.0938 e. The molecule has 68 valence electrons. The lowest BCUT2D eigenvalue weighted by molar-refractivity contribution is 0.181. The normalized spacial score (nSPS) is 13.0. The Kier molecular flexibility index (Phi) is 2.68. The van der Waals surface area contributed by atoms with Crippen molar-refractivity contribution < 1.29 is 5.11 Å². The van der Waals surface area contributed by atoms with Crippen molar-refractivity contribution in [3.63, 3.8) is 0 Å². The zero-order valence-corrected chi connectivity index (χ0v) is 8.38. The molecule has 1 atom stereocenters. The number of aromatic nitrogens is 2. The van der Waals surface area contributed by atoms with Crippen LogP contribution in [0, 0.1) is 0 Å². The second-order valence-electron chi connectivity index (χ2n) is 2.63. The highest BCUT2D eigenvalue weighted by Gasteiger charge is 2.10. The summed E-state index contributed by atoms with van der Waals surface area (Å²) in [5, 5.41) is 17.4. The van der Waals surface area contributed by atoms with Gasteiger partial charge in [-0.25, -0.2) is 0 Å². The molecule has 0 saturated carbocycles. The minimum absolute atomic E-state index is 0.441. The maximum atomic E-state index is 9.73. The minimum atomic E-state index is -0.441. The number of hydrogen-bond acceptors (Lipinski definition) is 5.